The Labute approximate surface area is 173 Å². The third kappa shape index (κ3) is 4.62. The first-order chi connectivity index (χ1) is 13.9. The number of rotatable bonds is 9. The van der Waals surface area contributed by atoms with E-state index in [4.69, 9.17) is 4.98 Å². The van der Waals surface area contributed by atoms with Crippen LogP contribution in [-0.2, 0) is 16.1 Å². The van der Waals surface area contributed by atoms with Crippen LogP contribution in [0.2, 0.25) is 0 Å². The van der Waals surface area contributed by atoms with Crippen LogP contribution >= 0.6 is 0 Å². The van der Waals surface area contributed by atoms with E-state index in [1.165, 1.54) is 0 Å². The summed E-state index contributed by atoms with van der Waals surface area (Å²) >= 11 is 0. The number of aromatic nitrogens is 2. The van der Waals surface area contributed by atoms with E-state index in [0.29, 0.717) is 0 Å². The van der Waals surface area contributed by atoms with Gasteiger partial charge in [0.2, 0.25) is 11.8 Å². The molecular formula is C23H34N4O2. The zero-order valence-electron chi connectivity index (χ0n) is 18.3. The molecule has 0 aliphatic heterocycles. The molecule has 6 heteroatoms. The summed E-state index contributed by atoms with van der Waals surface area (Å²) in [6.07, 6.45) is 3.77. The number of benzene rings is 1. The van der Waals surface area contributed by atoms with Gasteiger partial charge in [-0.2, -0.15) is 0 Å². The highest BCUT2D eigenvalue weighted by Gasteiger charge is 2.32. The van der Waals surface area contributed by atoms with Gasteiger partial charge in [-0.25, -0.2) is 4.98 Å². The molecule has 0 spiro atoms. The first kappa shape index (κ1) is 21.3. The molecule has 158 valence electrons. The Kier molecular flexibility index (Phi) is 6.60. The van der Waals surface area contributed by atoms with Crippen LogP contribution in [0.1, 0.15) is 72.2 Å². The fourth-order valence-electron chi connectivity index (χ4n) is 3.87. The normalized spacial score (nSPS) is 17.0. The van der Waals surface area contributed by atoms with Crippen LogP contribution in [0, 0.1) is 5.92 Å². The Hall–Kier alpha value is -2.37. The molecule has 1 fully saturated rings. The second-order valence-electron chi connectivity index (χ2n) is 8.36. The zero-order chi connectivity index (χ0) is 21.1. The fraction of sp³-hybridized carbons (Fsp3) is 0.609. The van der Waals surface area contributed by atoms with Crippen molar-refractivity contribution in [3.8, 4) is 0 Å². The third-order valence-corrected chi connectivity index (χ3v) is 6.09. The number of hydrogen-bond donors (Lipinski definition) is 1. The van der Waals surface area contributed by atoms with E-state index in [2.05, 4.69) is 33.0 Å². The van der Waals surface area contributed by atoms with Crippen LogP contribution in [0.25, 0.3) is 11.0 Å². The molecule has 2 aromatic rings. The van der Waals surface area contributed by atoms with E-state index in [9.17, 15) is 9.59 Å². The smallest absolute Gasteiger partial charge is 0.243 e. The number of nitrogens with zero attached hydrogens (tertiary/aromatic N) is 3. The highest BCUT2D eigenvalue weighted by molar-refractivity contribution is 5.83. The van der Waals surface area contributed by atoms with Gasteiger partial charge in [0, 0.05) is 18.0 Å². The minimum Gasteiger partial charge on any atom is -0.346 e. The largest absolute Gasteiger partial charge is 0.346 e. The van der Waals surface area contributed by atoms with Crippen LogP contribution in [-0.4, -0.2) is 38.3 Å². The molecule has 6 nitrogen and oxygen atoms in total. The van der Waals surface area contributed by atoms with Crippen molar-refractivity contribution in [2.75, 3.05) is 0 Å². The van der Waals surface area contributed by atoms with Gasteiger partial charge in [0.05, 0.1) is 17.1 Å². The molecule has 1 aliphatic carbocycles. The molecule has 2 amide bonds. The summed E-state index contributed by atoms with van der Waals surface area (Å²) in [6.45, 7) is 10.6. The van der Waals surface area contributed by atoms with Gasteiger partial charge >= 0.3 is 0 Å². The molecule has 1 N–H and O–H groups in total. The number of fused-ring (bicyclic) bond motifs is 1. The topological polar surface area (TPSA) is 67.2 Å². The molecule has 1 heterocycles. The molecule has 3 unspecified atom stereocenters. The Morgan fingerprint density at radius 1 is 1.14 bits per heavy atom. The van der Waals surface area contributed by atoms with Crippen LogP contribution in [0.3, 0.4) is 0 Å². The SMILES string of the molecule is CCC(C)N(C(=O)Cn1c(C(C)NC(=O)C2CC2)nc2ccccc21)C(C)CC. The van der Waals surface area contributed by atoms with E-state index in [0.717, 1.165) is 42.5 Å². The third-order valence-electron chi connectivity index (χ3n) is 6.09. The lowest BCUT2D eigenvalue weighted by Crippen LogP contribution is -2.46. The summed E-state index contributed by atoms with van der Waals surface area (Å²) in [5.41, 5.74) is 1.78. The van der Waals surface area contributed by atoms with E-state index >= 15 is 0 Å². The quantitative estimate of drug-likeness (QED) is 0.693. The molecule has 29 heavy (non-hydrogen) atoms. The monoisotopic (exact) mass is 398 g/mol. The van der Waals surface area contributed by atoms with Crippen LogP contribution in [0.5, 0.6) is 0 Å². The van der Waals surface area contributed by atoms with Gasteiger partial charge in [0.1, 0.15) is 12.4 Å². The lowest BCUT2D eigenvalue weighted by Gasteiger charge is -2.34. The van der Waals surface area contributed by atoms with E-state index < -0.39 is 0 Å². The minimum absolute atomic E-state index is 0.0864. The predicted molar refractivity (Wildman–Crippen MR) is 115 cm³/mol. The number of nitrogens with one attached hydrogen (secondary N) is 1. The Morgan fingerprint density at radius 2 is 1.76 bits per heavy atom. The van der Waals surface area contributed by atoms with Crippen molar-refractivity contribution in [1.29, 1.82) is 0 Å². The van der Waals surface area contributed by atoms with Crippen molar-refractivity contribution in [3.63, 3.8) is 0 Å². The maximum absolute atomic E-state index is 13.4. The van der Waals surface area contributed by atoms with Gasteiger partial charge in [0.15, 0.2) is 0 Å². The first-order valence-electron chi connectivity index (χ1n) is 10.9. The Bertz CT molecular complexity index is 861. The van der Waals surface area contributed by atoms with Gasteiger partial charge in [-0.05, 0) is 58.6 Å². The number of carbonyl (C=O) groups excluding carboxylic acids is 2. The molecule has 0 saturated heterocycles. The molecule has 1 aromatic carbocycles. The van der Waals surface area contributed by atoms with Crippen LogP contribution in [0.4, 0.5) is 0 Å². The predicted octanol–water partition coefficient (Wildman–Crippen LogP) is 4.05. The van der Waals surface area contributed by atoms with Crippen molar-refractivity contribution in [2.45, 2.75) is 85.0 Å². The molecule has 3 atom stereocenters. The highest BCUT2D eigenvalue weighted by atomic mass is 16.2. The number of hydrogen-bond acceptors (Lipinski definition) is 3. The summed E-state index contributed by atoms with van der Waals surface area (Å²) in [5, 5.41) is 3.08. The number of para-hydroxylation sites is 2. The molecule has 1 saturated carbocycles. The van der Waals surface area contributed by atoms with Gasteiger partial charge in [-0.1, -0.05) is 26.0 Å². The van der Waals surface area contributed by atoms with Gasteiger partial charge in [-0.15, -0.1) is 0 Å². The number of imidazole rings is 1. The van der Waals surface area contributed by atoms with E-state index in [1.807, 2.05) is 40.7 Å². The Balaban J connectivity index is 1.92. The average molecular weight is 399 g/mol. The number of carbonyl (C=O) groups is 2. The summed E-state index contributed by atoms with van der Waals surface area (Å²) in [7, 11) is 0. The van der Waals surface area contributed by atoms with Crippen molar-refractivity contribution in [2.24, 2.45) is 5.92 Å². The lowest BCUT2D eigenvalue weighted by molar-refractivity contribution is -0.136. The van der Waals surface area contributed by atoms with Gasteiger partial charge in [0.25, 0.3) is 0 Å². The summed E-state index contributed by atoms with van der Waals surface area (Å²) < 4.78 is 1.98. The maximum Gasteiger partial charge on any atom is 0.243 e. The van der Waals surface area contributed by atoms with Gasteiger partial charge in [-0.3, -0.25) is 9.59 Å². The first-order valence-corrected chi connectivity index (χ1v) is 10.9. The molecular weight excluding hydrogens is 364 g/mol. The van der Waals surface area contributed by atoms with Gasteiger partial charge < -0.3 is 14.8 Å². The average Bonchev–Trinajstić information content (AvgIpc) is 3.50. The van der Waals surface area contributed by atoms with Crippen molar-refractivity contribution >= 4 is 22.8 Å². The van der Waals surface area contributed by atoms with Crippen LogP contribution in [0.15, 0.2) is 24.3 Å². The minimum atomic E-state index is -0.246. The standard InChI is InChI=1S/C23H34N4O2/c1-6-15(3)27(16(4)7-2)21(28)14-26-20-11-9-8-10-19(20)25-22(26)17(5)24-23(29)18-12-13-18/h8-11,15-18H,6-7,12-14H2,1-5H3,(H,24,29). The summed E-state index contributed by atoms with van der Waals surface area (Å²) in [6, 6.07) is 7.98. The lowest BCUT2D eigenvalue weighted by atomic mass is 10.1. The van der Waals surface area contributed by atoms with Crippen molar-refractivity contribution in [1.82, 2.24) is 19.8 Å². The van der Waals surface area contributed by atoms with E-state index in [-0.39, 0.29) is 42.4 Å². The molecule has 1 aliphatic rings. The maximum atomic E-state index is 13.4. The summed E-state index contributed by atoms with van der Waals surface area (Å²) in [4.78, 5) is 32.4. The molecule has 0 bridgehead atoms. The molecule has 1 aromatic heterocycles. The van der Waals surface area contributed by atoms with Crippen molar-refractivity contribution < 1.29 is 9.59 Å². The highest BCUT2D eigenvalue weighted by Crippen LogP contribution is 2.30. The second kappa shape index (κ2) is 8.97. The zero-order valence-corrected chi connectivity index (χ0v) is 18.3. The Morgan fingerprint density at radius 3 is 2.34 bits per heavy atom. The number of amides is 2. The molecule has 3 rings (SSSR count). The van der Waals surface area contributed by atoms with Crippen LogP contribution < -0.4 is 5.32 Å². The fourth-order valence-corrected chi connectivity index (χ4v) is 3.87. The summed E-state index contributed by atoms with van der Waals surface area (Å²) in [5.74, 6) is 1.06. The second-order valence-corrected chi connectivity index (χ2v) is 8.36. The molecule has 0 radical (unpaired) electrons. The van der Waals surface area contributed by atoms with Crippen molar-refractivity contribution in [3.05, 3.63) is 30.1 Å². The van der Waals surface area contributed by atoms with E-state index in [1.54, 1.807) is 0 Å².